The summed E-state index contributed by atoms with van der Waals surface area (Å²) in [5.74, 6) is -0.328. The molecule has 0 spiro atoms. The van der Waals surface area contributed by atoms with Crippen molar-refractivity contribution in [2.24, 2.45) is 0 Å². The number of anilines is 1. The van der Waals surface area contributed by atoms with Crippen molar-refractivity contribution >= 4 is 11.7 Å². The lowest BCUT2D eigenvalue weighted by molar-refractivity contribution is 0.245. The topological polar surface area (TPSA) is 79.3 Å². The minimum Gasteiger partial charge on any atom is -0.336 e. The third-order valence-corrected chi connectivity index (χ3v) is 5.69. The van der Waals surface area contributed by atoms with Crippen LogP contribution in [0.3, 0.4) is 0 Å². The van der Waals surface area contributed by atoms with Crippen LogP contribution in [0.25, 0.3) is 11.3 Å². The SMILES string of the molecule is CN1CCCC1CNC(=O)Nc1cccc(Cn2nc(-c3ccc(F)cc3)ccc2=O)c1. The van der Waals surface area contributed by atoms with Gasteiger partial charge in [0.25, 0.3) is 5.56 Å². The van der Waals surface area contributed by atoms with Crippen LogP contribution in [0.4, 0.5) is 14.9 Å². The van der Waals surface area contributed by atoms with Gasteiger partial charge in [-0.15, -0.1) is 0 Å². The van der Waals surface area contributed by atoms with Crippen LogP contribution >= 0.6 is 0 Å². The van der Waals surface area contributed by atoms with Crippen molar-refractivity contribution in [3.63, 3.8) is 0 Å². The predicted molar refractivity (Wildman–Crippen MR) is 122 cm³/mol. The number of hydrogen-bond donors (Lipinski definition) is 2. The molecule has 1 aliphatic heterocycles. The van der Waals surface area contributed by atoms with E-state index in [0.29, 0.717) is 24.0 Å². The van der Waals surface area contributed by atoms with E-state index in [0.717, 1.165) is 30.5 Å². The van der Waals surface area contributed by atoms with Gasteiger partial charge >= 0.3 is 6.03 Å². The number of carbonyl (C=O) groups is 1. The zero-order chi connectivity index (χ0) is 22.5. The maximum Gasteiger partial charge on any atom is 0.319 e. The minimum absolute atomic E-state index is 0.243. The Morgan fingerprint density at radius 1 is 1.16 bits per heavy atom. The van der Waals surface area contributed by atoms with Crippen molar-refractivity contribution in [2.75, 3.05) is 25.5 Å². The van der Waals surface area contributed by atoms with Gasteiger partial charge in [0.15, 0.2) is 0 Å². The Hall–Kier alpha value is -3.52. The van der Waals surface area contributed by atoms with Crippen LogP contribution in [0.2, 0.25) is 0 Å². The number of urea groups is 1. The fraction of sp³-hybridized carbons (Fsp3) is 0.292. The van der Waals surface area contributed by atoms with Crippen molar-refractivity contribution in [1.82, 2.24) is 20.0 Å². The molecule has 2 heterocycles. The summed E-state index contributed by atoms with van der Waals surface area (Å²) in [5, 5.41) is 10.2. The second-order valence-electron chi connectivity index (χ2n) is 8.03. The molecule has 2 amide bonds. The van der Waals surface area contributed by atoms with Crippen molar-refractivity contribution in [1.29, 1.82) is 0 Å². The minimum atomic E-state index is -0.328. The van der Waals surface area contributed by atoms with Crippen molar-refractivity contribution in [2.45, 2.75) is 25.4 Å². The monoisotopic (exact) mass is 435 g/mol. The lowest BCUT2D eigenvalue weighted by Gasteiger charge is -2.19. The molecule has 7 nitrogen and oxygen atoms in total. The Morgan fingerprint density at radius 3 is 2.72 bits per heavy atom. The van der Waals surface area contributed by atoms with E-state index in [1.807, 2.05) is 18.2 Å². The number of likely N-dealkylation sites (tertiary alicyclic amines) is 1. The van der Waals surface area contributed by atoms with E-state index in [2.05, 4.69) is 27.7 Å². The summed E-state index contributed by atoms with van der Waals surface area (Å²) in [7, 11) is 2.07. The van der Waals surface area contributed by atoms with Crippen LogP contribution in [0.5, 0.6) is 0 Å². The molecule has 8 heteroatoms. The van der Waals surface area contributed by atoms with Gasteiger partial charge in [-0.2, -0.15) is 5.10 Å². The standard InChI is InChI=1S/C24H26FN5O2/c1-29-13-3-6-21(29)15-26-24(32)27-20-5-2-4-17(14-20)16-30-23(31)12-11-22(28-30)18-7-9-19(25)10-8-18/h2,4-5,7-12,14,21H,3,6,13,15-16H2,1H3,(H2,26,27,32). The number of amides is 2. The van der Waals surface area contributed by atoms with E-state index in [1.165, 1.54) is 22.9 Å². The van der Waals surface area contributed by atoms with Crippen LogP contribution in [-0.2, 0) is 6.54 Å². The number of likely N-dealkylation sites (N-methyl/N-ethyl adjacent to an activating group) is 1. The molecule has 4 rings (SSSR count). The quantitative estimate of drug-likeness (QED) is 0.623. The molecule has 1 atom stereocenters. The summed E-state index contributed by atoms with van der Waals surface area (Å²) in [6.07, 6.45) is 2.24. The highest BCUT2D eigenvalue weighted by Crippen LogP contribution is 2.17. The molecule has 166 valence electrons. The van der Waals surface area contributed by atoms with Gasteiger partial charge in [-0.1, -0.05) is 12.1 Å². The molecule has 1 fully saturated rings. The molecule has 2 N–H and O–H groups in total. The third-order valence-electron chi connectivity index (χ3n) is 5.69. The van der Waals surface area contributed by atoms with Crippen LogP contribution in [0.1, 0.15) is 18.4 Å². The summed E-state index contributed by atoms with van der Waals surface area (Å²) in [6, 6.07) is 16.5. The second kappa shape index (κ2) is 9.74. The lowest BCUT2D eigenvalue weighted by Crippen LogP contribution is -2.40. The summed E-state index contributed by atoms with van der Waals surface area (Å²) < 4.78 is 14.5. The van der Waals surface area contributed by atoms with Crippen LogP contribution < -0.4 is 16.2 Å². The van der Waals surface area contributed by atoms with Crippen molar-refractivity contribution in [3.8, 4) is 11.3 Å². The van der Waals surface area contributed by atoms with Gasteiger partial charge in [-0.05, 0) is 74.5 Å². The van der Waals surface area contributed by atoms with E-state index in [1.54, 1.807) is 24.3 Å². The smallest absolute Gasteiger partial charge is 0.319 e. The highest BCUT2D eigenvalue weighted by Gasteiger charge is 2.21. The van der Waals surface area contributed by atoms with E-state index in [-0.39, 0.29) is 24.0 Å². The van der Waals surface area contributed by atoms with Gasteiger partial charge in [-0.3, -0.25) is 4.79 Å². The van der Waals surface area contributed by atoms with E-state index in [9.17, 15) is 14.0 Å². The molecule has 1 aliphatic rings. The lowest BCUT2D eigenvalue weighted by atomic mass is 10.1. The zero-order valence-electron chi connectivity index (χ0n) is 17.9. The van der Waals surface area contributed by atoms with Gasteiger partial charge < -0.3 is 15.5 Å². The van der Waals surface area contributed by atoms with E-state index >= 15 is 0 Å². The van der Waals surface area contributed by atoms with Gasteiger partial charge in [0.2, 0.25) is 0 Å². The molecule has 2 aromatic carbocycles. The molecule has 1 unspecified atom stereocenters. The number of hydrogen-bond acceptors (Lipinski definition) is 4. The number of halogens is 1. The van der Waals surface area contributed by atoms with Crippen LogP contribution in [-0.4, -0.2) is 46.9 Å². The van der Waals surface area contributed by atoms with Crippen LogP contribution in [0, 0.1) is 5.82 Å². The molecular weight excluding hydrogens is 409 g/mol. The van der Waals surface area contributed by atoms with Crippen molar-refractivity contribution in [3.05, 3.63) is 82.4 Å². The molecule has 1 aromatic heterocycles. The molecule has 0 aliphatic carbocycles. The van der Waals surface area contributed by atoms with E-state index < -0.39 is 0 Å². The Morgan fingerprint density at radius 2 is 1.97 bits per heavy atom. The normalized spacial score (nSPS) is 16.1. The average molecular weight is 436 g/mol. The average Bonchev–Trinajstić information content (AvgIpc) is 3.19. The van der Waals surface area contributed by atoms with Gasteiger partial charge in [0, 0.05) is 29.9 Å². The van der Waals surface area contributed by atoms with Crippen molar-refractivity contribution < 1.29 is 9.18 Å². The molecule has 1 saturated heterocycles. The first-order valence-corrected chi connectivity index (χ1v) is 10.7. The Balaban J connectivity index is 1.42. The first-order chi connectivity index (χ1) is 15.5. The molecule has 0 saturated carbocycles. The fourth-order valence-electron chi connectivity index (χ4n) is 3.88. The van der Waals surface area contributed by atoms with E-state index in [4.69, 9.17) is 0 Å². The number of nitrogens with one attached hydrogen (secondary N) is 2. The van der Waals surface area contributed by atoms with Gasteiger partial charge in [-0.25, -0.2) is 13.9 Å². The summed E-state index contributed by atoms with van der Waals surface area (Å²) in [5.41, 5.74) is 2.52. The highest BCUT2D eigenvalue weighted by atomic mass is 19.1. The van der Waals surface area contributed by atoms with Gasteiger partial charge in [0.1, 0.15) is 5.82 Å². The summed E-state index contributed by atoms with van der Waals surface area (Å²) >= 11 is 0. The summed E-state index contributed by atoms with van der Waals surface area (Å²) in [6.45, 7) is 1.92. The molecule has 0 radical (unpaired) electrons. The second-order valence-corrected chi connectivity index (χ2v) is 8.03. The highest BCUT2D eigenvalue weighted by molar-refractivity contribution is 5.89. The molecule has 0 bridgehead atoms. The van der Waals surface area contributed by atoms with Gasteiger partial charge in [0.05, 0.1) is 12.2 Å². The maximum atomic E-state index is 13.2. The number of nitrogens with zero attached hydrogens (tertiary/aromatic N) is 3. The first kappa shape index (κ1) is 21.7. The first-order valence-electron chi connectivity index (χ1n) is 10.7. The molecule has 3 aromatic rings. The molecule has 32 heavy (non-hydrogen) atoms. The Labute approximate surface area is 185 Å². The summed E-state index contributed by atoms with van der Waals surface area (Å²) in [4.78, 5) is 26.9. The third kappa shape index (κ3) is 5.39. The zero-order valence-corrected chi connectivity index (χ0v) is 17.9. The molecular formula is C24H26FN5O2. The number of benzene rings is 2. The Bertz CT molecular complexity index is 1150. The number of aromatic nitrogens is 2. The number of carbonyl (C=O) groups excluding carboxylic acids is 1. The van der Waals surface area contributed by atoms with Crippen LogP contribution in [0.15, 0.2) is 65.5 Å². The largest absolute Gasteiger partial charge is 0.336 e. The number of rotatable bonds is 6. The Kier molecular flexibility index (Phi) is 6.61. The fourth-order valence-corrected chi connectivity index (χ4v) is 3.88. The predicted octanol–water partition coefficient (Wildman–Crippen LogP) is 3.31. The maximum absolute atomic E-state index is 13.2.